The number of benzene rings is 1. The molecule has 0 unspecified atom stereocenters. The van der Waals surface area contributed by atoms with Crippen LogP contribution < -0.4 is 0 Å². The summed E-state index contributed by atoms with van der Waals surface area (Å²) in [6.45, 7) is 15.0. The molecule has 0 heterocycles. The van der Waals surface area contributed by atoms with Gasteiger partial charge in [0.1, 0.15) is 5.75 Å². The van der Waals surface area contributed by atoms with Crippen molar-refractivity contribution in [2.24, 2.45) is 0 Å². The Bertz CT molecular complexity index is 394. The number of rotatable bonds is 0. The minimum absolute atomic E-state index is 0.106. The molecule has 0 atom stereocenters. The van der Waals surface area contributed by atoms with E-state index >= 15 is 0 Å². The fourth-order valence-electron chi connectivity index (χ4n) is 1.37. The lowest BCUT2D eigenvalue weighted by Gasteiger charge is -2.21. The van der Waals surface area contributed by atoms with Crippen LogP contribution in [0, 0.1) is 13.5 Å². The van der Waals surface area contributed by atoms with Crippen molar-refractivity contribution in [1.82, 2.24) is 0 Å². The highest BCUT2D eigenvalue weighted by Crippen LogP contribution is 2.35. The van der Waals surface area contributed by atoms with E-state index in [4.69, 9.17) is 6.57 Å². The molecule has 0 spiro atoms. The highest BCUT2D eigenvalue weighted by atomic mass is 16.3. The van der Waals surface area contributed by atoms with E-state index in [1.807, 2.05) is 20.8 Å². The van der Waals surface area contributed by atoms with Gasteiger partial charge in [0.15, 0.2) is 5.69 Å². The average Bonchev–Trinajstić information content (AvgIpc) is 2.07. The van der Waals surface area contributed by atoms with Crippen LogP contribution in [0.4, 0.5) is 5.69 Å². The Kier molecular flexibility index (Phi) is 2.53. The Morgan fingerprint density at radius 1 is 1.29 bits per heavy atom. The third-order valence-electron chi connectivity index (χ3n) is 2.24. The Morgan fingerprint density at radius 2 is 1.86 bits per heavy atom. The molecule has 14 heavy (non-hydrogen) atoms. The molecule has 0 aliphatic rings. The minimum atomic E-state index is -0.106. The first kappa shape index (κ1) is 10.6. The predicted molar refractivity (Wildman–Crippen MR) is 57.8 cm³/mol. The van der Waals surface area contributed by atoms with E-state index in [2.05, 4.69) is 4.85 Å². The highest BCUT2D eigenvalue weighted by molar-refractivity contribution is 5.60. The minimum Gasteiger partial charge on any atom is -0.508 e. The summed E-state index contributed by atoms with van der Waals surface area (Å²) in [5, 5.41) is 9.58. The molecule has 1 aromatic rings. The van der Waals surface area contributed by atoms with Crippen LogP contribution in [0.3, 0.4) is 0 Å². The Balaban J connectivity index is 3.45. The second-order valence-electron chi connectivity index (χ2n) is 4.52. The molecule has 0 radical (unpaired) electrons. The van der Waals surface area contributed by atoms with Crippen molar-refractivity contribution in [1.29, 1.82) is 0 Å². The van der Waals surface area contributed by atoms with E-state index in [0.717, 1.165) is 11.1 Å². The van der Waals surface area contributed by atoms with Crippen molar-refractivity contribution in [3.63, 3.8) is 0 Å². The summed E-state index contributed by atoms with van der Waals surface area (Å²) in [5.74, 6) is 0.266. The second kappa shape index (κ2) is 3.34. The Morgan fingerprint density at radius 3 is 2.29 bits per heavy atom. The lowest BCUT2D eigenvalue weighted by atomic mass is 9.85. The summed E-state index contributed by atoms with van der Waals surface area (Å²) in [5.41, 5.74) is 2.18. The number of phenols is 1. The zero-order valence-electron chi connectivity index (χ0n) is 9.05. The van der Waals surface area contributed by atoms with E-state index in [-0.39, 0.29) is 11.2 Å². The van der Waals surface area contributed by atoms with Crippen molar-refractivity contribution in [3.05, 3.63) is 34.7 Å². The normalized spacial score (nSPS) is 11.1. The van der Waals surface area contributed by atoms with E-state index in [0.29, 0.717) is 5.69 Å². The molecule has 1 N–H and O–H groups in total. The fraction of sp³-hybridized carbons (Fsp3) is 0.417. The van der Waals surface area contributed by atoms with Gasteiger partial charge in [-0.3, -0.25) is 0 Å². The standard InChI is InChI=1S/C12H15NO/c1-8-6-10(13-5)9(7-11(8)14)12(2,3)4/h6-7,14H,1-4H3. The third-order valence-corrected chi connectivity index (χ3v) is 2.24. The van der Waals surface area contributed by atoms with Gasteiger partial charge in [0.05, 0.1) is 6.57 Å². The van der Waals surface area contributed by atoms with E-state index in [1.165, 1.54) is 0 Å². The summed E-state index contributed by atoms with van der Waals surface area (Å²) >= 11 is 0. The van der Waals surface area contributed by atoms with Crippen LogP contribution in [0.25, 0.3) is 4.85 Å². The van der Waals surface area contributed by atoms with Crippen molar-refractivity contribution in [3.8, 4) is 5.75 Å². The number of aryl methyl sites for hydroxylation is 1. The molecule has 1 aromatic carbocycles. The zero-order chi connectivity index (χ0) is 10.9. The van der Waals surface area contributed by atoms with Crippen molar-refractivity contribution in [2.45, 2.75) is 33.1 Å². The molecule has 0 fully saturated rings. The van der Waals surface area contributed by atoms with Crippen LogP contribution in [0.15, 0.2) is 12.1 Å². The average molecular weight is 189 g/mol. The van der Waals surface area contributed by atoms with Gasteiger partial charge in [-0.15, -0.1) is 0 Å². The van der Waals surface area contributed by atoms with Crippen LogP contribution in [-0.4, -0.2) is 5.11 Å². The topological polar surface area (TPSA) is 24.6 Å². The largest absolute Gasteiger partial charge is 0.508 e. The Labute approximate surface area is 85.0 Å². The molecule has 0 bridgehead atoms. The highest BCUT2D eigenvalue weighted by Gasteiger charge is 2.19. The number of phenolic OH excluding ortho intramolecular Hbond substituents is 1. The molecule has 2 nitrogen and oxygen atoms in total. The molecule has 0 aliphatic heterocycles. The van der Waals surface area contributed by atoms with E-state index in [9.17, 15) is 5.11 Å². The third kappa shape index (κ3) is 1.88. The number of nitrogens with zero attached hydrogens (tertiary/aromatic N) is 1. The maximum absolute atomic E-state index is 9.58. The van der Waals surface area contributed by atoms with Gasteiger partial charge in [-0.25, -0.2) is 4.85 Å². The maximum Gasteiger partial charge on any atom is 0.191 e. The van der Waals surface area contributed by atoms with Crippen LogP contribution in [-0.2, 0) is 5.41 Å². The van der Waals surface area contributed by atoms with Crippen molar-refractivity contribution >= 4 is 5.69 Å². The molecule has 0 amide bonds. The van der Waals surface area contributed by atoms with Gasteiger partial charge in [0, 0.05) is 0 Å². The maximum atomic E-state index is 9.58. The summed E-state index contributed by atoms with van der Waals surface area (Å²) in [7, 11) is 0. The number of hydrogen-bond acceptors (Lipinski definition) is 1. The van der Waals surface area contributed by atoms with Crippen LogP contribution in [0.2, 0.25) is 0 Å². The summed E-state index contributed by atoms with van der Waals surface area (Å²) in [6.07, 6.45) is 0. The molecule has 2 heteroatoms. The molecule has 0 saturated carbocycles. The first-order chi connectivity index (χ1) is 6.36. The van der Waals surface area contributed by atoms with Gasteiger partial charge in [0.25, 0.3) is 0 Å². The van der Waals surface area contributed by atoms with E-state index in [1.54, 1.807) is 19.1 Å². The molecule has 1 rings (SSSR count). The second-order valence-corrected chi connectivity index (χ2v) is 4.52. The summed E-state index contributed by atoms with van der Waals surface area (Å²) < 4.78 is 0. The molecule has 74 valence electrons. The summed E-state index contributed by atoms with van der Waals surface area (Å²) in [4.78, 5) is 3.48. The van der Waals surface area contributed by atoms with Gasteiger partial charge in [-0.05, 0) is 35.6 Å². The van der Waals surface area contributed by atoms with Gasteiger partial charge in [0.2, 0.25) is 0 Å². The molecular formula is C12H15NO. The van der Waals surface area contributed by atoms with E-state index < -0.39 is 0 Å². The smallest absolute Gasteiger partial charge is 0.191 e. The van der Waals surface area contributed by atoms with Crippen LogP contribution >= 0.6 is 0 Å². The van der Waals surface area contributed by atoms with Crippen molar-refractivity contribution < 1.29 is 5.11 Å². The first-order valence-electron chi connectivity index (χ1n) is 4.58. The SMILES string of the molecule is [C-]#[N+]c1cc(C)c(O)cc1C(C)(C)C. The monoisotopic (exact) mass is 189 g/mol. The lowest BCUT2D eigenvalue weighted by molar-refractivity contribution is 0.467. The van der Waals surface area contributed by atoms with Crippen LogP contribution in [0.5, 0.6) is 5.75 Å². The summed E-state index contributed by atoms with van der Waals surface area (Å²) in [6, 6.07) is 3.44. The fourth-order valence-corrected chi connectivity index (χ4v) is 1.37. The number of hydrogen-bond donors (Lipinski definition) is 1. The molecule has 0 aliphatic carbocycles. The number of aromatic hydroxyl groups is 1. The van der Waals surface area contributed by atoms with Crippen molar-refractivity contribution in [2.75, 3.05) is 0 Å². The predicted octanol–water partition coefficient (Wildman–Crippen LogP) is 3.55. The lowest BCUT2D eigenvalue weighted by Crippen LogP contribution is -2.11. The first-order valence-corrected chi connectivity index (χ1v) is 4.58. The Hall–Kier alpha value is -1.49. The van der Waals surface area contributed by atoms with Gasteiger partial charge >= 0.3 is 0 Å². The van der Waals surface area contributed by atoms with Crippen LogP contribution in [0.1, 0.15) is 31.9 Å². The quantitative estimate of drug-likeness (QED) is 0.620. The molecule has 0 saturated heterocycles. The van der Waals surface area contributed by atoms with Gasteiger partial charge < -0.3 is 5.11 Å². The zero-order valence-corrected chi connectivity index (χ0v) is 9.05. The van der Waals surface area contributed by atoms with Gasteiger partial charge in [-0.2, -0.15) is 0 Å². The van der Waals surface area contributed by atoms with Gasteiger partial charge in [-0.1, -0.05) is 20.8 Å². The molecule has 0 aromatic heterocycles. The molecular weight excluding hydrogens is 174 g/mol.